The molecule has 0 atom stereocenters. The highest BCUT2D eigenvalue weighted by Gasteiger charge is 2.41. The van der Waals surface area contributed by atoms with Crippen LogP contribution in [0.5, 0.6) is 11.5 Å². The van der Waals surface area contributed by atoms with E-state index in [-0.39, 0.29) is 17.4 Å². The van der Waals surface area contributed by atoms with Crippen LogP contribution in [0.15, 0.2) is 12.1 Å². The minimum atomic E-state index is -1.15. The summed E-state index contributed by atoms with van der Waals surface area (Å²) >= 11 is 0. The second kappa shape index (κ2) is 12.0. The lowest BCUT2D eigenvalue weighted by Crippen LogP contribution is -2.37. The first-order valence-electron chi connectivity index (χ1n) is 12.8. The average molecular weight is 451 g/mol. The maximum Gasteiger partial charge on any atom is 0.314 e. The van der Waals surface area contributed by atoms with Crippen LogP contribution < -0.4 is 9.47 Å². The van der Waals surface area contributed by atoms with Crippen LogP contribution in [0.3, 0.4) is 0 Å². The zero-order valence-electron chi connectivity index (χ0n) is 19.9. The van der Waals surface area contributed by atoms with Crippen LogP contribution in [0.1, 0.15) is 104 Å². The Hall–Kier alpha value is -1.65. The summed E-state index contributed by atoms with van der Waals surface area (Å²) in [5, 5.41) is 0. The summed E-state index contributed by atoms with van der Waals surface area (Å²) in [7, 11) is 0. The molecule has 32 heavy (non-hydrogen) atoms. The van der Waals surface area contributed by atoms with E-state index in [9.17, 15) is 13.6 Å². The fourth-order valence-electron chi connectivity index (χ4n) is 5.81. The number of esters is 1. The van der Waals surface area contributed by atoms with E-state index < -0.39 is 17.6 Å². The van der Waals surface area contributed by atoms with Gasteiger partial charge in [-0.05, 0) is 74.8 Å². The largest absolute Gasteiger partial charge is 0.490 e. The first-order chi connectivity index (χ1) is 15.5. The van der Waals surface area contributed by atoms with Crippen LogP contribution in [0.2, 0.25) is 0 Å². The highest BCUT2D eigenvalue weighted by molar-refractivity contribution is 5.75. The van der Waals surface area contributed by atoms with Crippen molar-refractivity contribution < 1.29 is 23.0 Å². The summed E-state index contributed by atoms with van der Waals surface area (Å²) in [5.41, 5.74) is 0.450. The molecule has 0 unspecified atom stereocenters. The summed E-state index contributed by atoms with van der Waals surface area (Å²) < 4.78 is 39.3. The predicted molar refractivity (Wildman–Crippen MR) is 123 cm³/mol. The van der Waals surface area contributed by atoms with Crippen molar-refractivity contribution in [2.75, 3.05) is 6.61 Å². The first kappa shape index (κ1) is 25.0. The number of carbonyl (C=O) groups is 1. The molecule has 0 amide bonds. The van der Waals surface area contributed by atoms with Gasteiger partial charge in [0.05, 0.1) is 12.5 Å². The highest BCUT2D eigenvalue weighted by atomic mass is 19.2. The number of rotatable bonds is 10. The van der Waals surface area contributed by atoms with Crippen molar-refractivity contribution >= 4 is 5.97 Å². The van der Waals surface area contributed by atoms with Crippen LogP contribution in [0.25, 0.3) is 0 Å². The molecule has 2 saturated carbocycles. The van der Waals surface area contributed by atoms with Gasteiger partial charge in [-0.15, -0.1) is 0 Å². The predicted octanol–water partition coefficient (Wildman–Crippen LogP) is 8.00. The van der Waals surface area contributed by atoms with Gasteiger partial charge in [0.15, 0.2) is 11.5 Å². The van der Waals surface area contributed by atoms with Gasteiger partial charge in [0.25, 0.3) is 0 Å². The normalized spacial score (nSPS) is 23.0. The second-order valence-corrected chi connectivity index (χ2v) is 9.89. The molecule has 0 aliphatic heterocycles. The Labute approximate surface area is 192 Å². The van der Waals surface area contributed by atoms with Crippen LogP contribution in [-0.4, -0.2) is 12.6 Å². The Balaban J connectivity index is 1.57. The third-order valence-corrected chi connectivity index (χ3v) is 7.78. The third kappa shape index (κ3) is 6.02. The standard InChI is InChI=1S/C27H40F2O3/c1-3-5-16-27(17-8-7-9-18-27)21-12-10-20(11-13-21)26(30)32-23-15-14-22(24(28)25(23)29)31-19-6-4-2/h14-15,20-21H,3-13,16-19H2,1-2H3/t20-,21-. The zero-order chi connectivity index (χ0) is 23.0. The van der Waals surface area contributed by atoms with Crippen LogP contribution in [0.4, 0.5) is 8.78 Å². The molecule has 5 heteroatoms. The summed E-state index contributed by atoms with van der Waals surface area (Å²) in [6.45, 7) is 4.58. The summed E-state index contributed by atoms with van der Waals surface area (Å²) in [5.74, 6) is -2.72. The van der Waals surface area contributed by atoms with E-state index in [1.54, 1.807) is 0 Å². The molecule has 0 heterocycles. The Bertz CT molecular complexity index is 735. The van der Waals surface area contributed by atoms with Gasteiger partial charge >= 0.3 is 5.97 Å². The number of ether oxygens (including phenoxy) is 2. The molecule has 1 aromatic rings. The molecule has 180 valence electrons. The summed E-state index contributed by atoms with van der Waals surface area (Å²) in [4.78, 5) is 12.7. The first-order valence-corrected chi connectivity index (χ1v) is 12.8. The van der Waals surface area contributed by atoms with Crippen molar-refractivity contribution in [1.82, 2.24) is 0 Å². The average Bonchev–Trinajstić information content (AvgIpc) is 2.83. The summed E-state index contributed by atoms with van der Waals surface area (Å²) in [6, 6.07) is 2.64. The lowest BCUT2D eigenvalue weighted by atomic mass is 9.59. The number of benzene rings is 1. The lowest BCUT2D eigenvalue weighted by Gasteiger charge is -2.46. The van der Waals surface area contributed by atoms with Gasteiger partial charge in [0.1, 0.15) is 0 Å². The van der Waals surface area contributed by atoms with Gasteiger partial charge in [0.2, 0.25) is 11.6 Å². The molecular weight excluding hydrogens is 410 g/mol. The zero-order valence-corrected chi connectivity index (χ0v) is 19.9. The van der Waals surface area contributed by atoms with E-state index in [4.69, 9.17) is 9.47 Å². The maximum atomic E-state index is 14.4. The van der Waals surface area contributed by atoms with E-state index >= 15 is 0 Å². The minimum absolute atomic E-state index is 0.138. The smallest absolute Gasteiger partial charge is 0.314 e. The van der Waals surface area contributed by atoms with Crippen molar-refractivity contribution in [2.24, 2.45) is 17.3 Å². The van der Waals surface area contributed by atoms with Gasteiger partial charge in [0, 0.05) is 0 Å². The molecular formula is C27H40F2O3. The van der Waals surface area contributed by atoms with Gasteiger partial charge < -0.3 is 9.47 Å². The summed E-state index contributed by atoms with van der Waals surface area (Å²) in [6.07, 6.45) is 15.8. The molecule has 1 aromatic carbocycles. The van der Waals surface area contributed by atoms with E-state index in [0.717, 1.165) is 38.5 Å². The van der Waals surface area contributed by atoms with Gasteiger partial charge in [-0.2, -0.15) is 8.78 Å². The molecule has 0 radical (unpaired) electrons. The monoisotopic (exact) mass is 450 g/mol. The molecule has 2 aliphatic carbocycles. The molecule has 0 spiro atoms. The Kier molecular flexibility index (Phi) is 9.36. The van der Waals surface area contributed by atoms with E-state index in [2.05, 4.69) is 6.92 Å². The number of halogens is 2. The van der Waals surface area contributed by atoms with Crippen molar-refractivity contribution in [3.8, 4) is 11.5 Å². The molecule has 2 aliphatic rings. The lowest BCUT2D eigenvalue weighted by molar-refractivity contribution is -0.141. The fourth-order valence-corrected chi connectivity index (χ4v) is 5.81. The molecule has 0 N–H and O–H groups in total. The Morgan fingerprint density at radius 3 is 2.22 bits per heavy atom. The van der Waals surface area contributed by atoms with Gasteiger partial charge in [-0.1, -0.05) is 52.4 Å². The van der Waals surface area contributed by atoms with Crippen molar-refractivity contribution in [3.63, 3.8) is 0 Å². The van der Waals surface area contributed by atoms with E-state index in [1.165, 1.54) is 63.5 Å². The number of carbonyl (C=O) groups excluding carboxylic acids is 1. The molecule has 0 bridgehead atoms. The van der Waals surface area contributed by atoms with Crippen LogP contribution >= 0.6 is 0 Å². The number of hydrogen-bond donors (Lipinski definition) is 0. The molecule has 3 nitrogen and oxygen atoms in total. The van der Waals surface area contributed by atoms with Crippen molar-refractivity contribution in [3.05, 3.63) is 23.8 Å². The maximum absolute atomic E-state index is 14.4. The topological polar surface area (TPSA) is 35.5 Å². The molecule has 0 aromatic heterocycles. The molecule has 0 saturated heterocycles. The van der Waals surface area contributed by atoms with E-state index in [1.807, 2.05) is 6.92 Å². The van der Waals surface area contributed by atoms with Gasteiger partial charge in [-0.3, -0.25) is 4.79 Å². The SMILES string of the molecule is CCCCOc1ccc(OC(=O)[C@H]2CC[C@H](C3(CCCC)CCCCC3)CC2)c(F)c1F. The highest BCUT2D eigenvalue weighted by Crippen LogP contribution is 2.52. The van der Waals surface area contributed by atoms with Gasteiger partial charge in [-0.25, -0.2) is 0 Å². The van der Waals surface area contributed by atoms with Crippen LogP contribution in [0, 0.1) is 28.9 Å². The number of unbranched alkanes of at least 4 members (excludes halogenated alkanes) is 2. The Morgan fingerprint density at radius 2 is 1.56 bits per heavy atom. The Morgan fingerprint density at radius 1 is 0.938 bits per heavy atom. The molecule has 3 rings (SSSR count). The minimum Gasteiger partial charge on any atom is -0.490 e. The second-order valence-electron chi connectivity index (χ2n) is 9.89. The quantitative estimate of drug-likeness (QED) is 0.206. The van der Waals surface area contributed by atoms with Crippen LogP contribution in [-0.2, 0) is 4.79 Å². The fraction of sp³-hybridized carbons (Fsp3) is 0.741. The van der Waals surface area contributed by atoms with Crippen molar-refractivity contribution in [2.45, 2.75) is 104 Å². The third-order valence-electron chi connectivity index (χ3n) is 7.78. The van der Waals surface area contributed by atoms with E-state index in [0.29, 0.717) is 17.9 Å². The number of hydrogen-bond acceptors (Lipinski definition) is 3. The van der Waals surface area contributed by atoms with Crippen molar-refractivity contribution in [1.29, 1.82) is 0 Å². The molecule has 2 fully saturated rings.